The monoisotopic (exact) mass is 432 g/mol. The molecule has 3 aromatic rings. The van der Waals surface area contributed by atoms with Crippen LogP contribution in [0.25, 0.3) is 11.0 Å². The van der Waals surface area contributed by atoms with E-state index in [2.05, 4.69) is 15.3 Å². The number of alkyl halides is 3. The second-order valence-corrected chi connectivity index (χ2v) is 7.78. The molecule has 4 rings (SSSR count). The van der Waals surface area contributed by atoms with E-state index in [-0.39, 0.29) is 29.6 Å². The van der Waals surface area contributed by atoms with Gasteiger partial charge in [0.15, 0.2) is 0 Å². The fourth-order valence-electron chi connectivity index (χ4n) is 3.83. The molecule has 1 fully saturated rings. The number of aromatic amines is 1. The molecule has 31 heavy (non-hydrogen) atoms. The first-order valence-electron chi connectivity index (χ1n) is 10.1. The standard InChI is InChI=1S/C22H23F3N4O2/c23-22(24,25)21-26-17-7-6-15(12-18(17)27-21)20(14-4-2-1-3-5-14)28-19(31)13-29-10-8-16(30)9-11-29/h1-7,12,16,20,30H,8-11,13H2,(H,26,27)(H,28,31)/t20-/m1/s1. The Balaban J connectivity index is 1.58. The van der Waals surface area contributed by atoms with Crippen LogP contribution in [0.4, 0.5) is 13.2 Å². The molecule has 1 amide bonds. The van der Waals surface area contributed by atoms with Gasteiger partial charge in [0, 0.05) is 13.1 Å². The number of carbonyl (C=O) groups is 1. The Hall–Kier alpha value is -2.91. The van der Waals surface area contributed by atoms with Crippen LogP contribution in [-0.2, 0) is 11.0 Å². The average molecular weight is 432 g/mol. The van der Waals surface area contributed by atoms with Gasteiger partial charge in [-0.25, -0.2) is 4.98 Å². The van der Waals surface area contributed by atoms with E-state index in [4.69, 9.17) is 0 Å². The summed E-state index contributed by atoms with van der Waals surface area (Å²) in [6.45, 7) is 1.48. The molecule has 0 aliphatic carbocycles. The van der Waals surface area contributed by atoms with Gasteiger partial charge in [-0.05, 0) is 36.1 Å². The normalized spacial score (nSPS) is 17.0. The number of carbonyl (C=O) groups excluding carboxylic acids is 1. The molecule has 1 atom stereocenters. The number of halogens is 3. The van der Waals surface area contributed by atoms with E-state index in [1.807, 2.05) is 35.2 Å². The van der Waals surface area contributed by atoms with Gasteiger partial charge < -0.3 is 15.4 Å². The van der Waals surface area contributed by atoms with Gasteiger partial charge in [0.2, 0.25) is 11.7 Å². The van der Waals surface area contributed by atoms with Crippen molar-refractivity contribution in [2.24, 2.45) is 0 Å². The van der Waals surface area contributed by atoms with Crippen LogP contribution in [-0.4, -0.2) is 51.6 Å². The summed E-state index contributed by atoms with van der Waals surface area (Å²) in [5.41, 5.74) is 1.93. The number of nitrogens with zero attached hydrogens (tertiary/aromatic N) is 2. The third-order valence-corrected chi connectivity index (χ3v) is 5.47. The van der Waals surface area contributed by atoms with E-state index in [0.29, 0.717) is 31.5 Å². The minimum absolute atomic E-state index is 0.189. The summed E-state index contributed by atoms with van der Waals surface area (Å²) in [7, 11) is 0. The molecule has 164 valence electrons. The van der Waals surface area contributed by atoms with Crippen molar-refractivity contribution in [3.05, 3.63) is 65.5 Å². The number of imidazole rings is 1. The second-order valence-electron chi connectivity index (χ2n) is 7.78. The summed E-state index contributed by atoms with van der Waals surface area (Å²) in [6.07, 6.45) is -3.62. The molecule has 6 nitrogen and oxygen atoms in total. The van der Waals surface area contributed by atoms with E-state index >= 15 is 0 Å². The van der Waals surface area contributed by atoms with Gasteiger partial charge in [0.1, 0.15) is 0 Å². The topological polar surface area (TPSA) is 81.2 Å². The molecule has 3 N–H and O–H groups in total. The lowest BCUT2D eigenvalue weighted by molar-refractivity contribution is -0.144. The van der Waals surface area contributed by atoms with E-state index in [1.54, 1.807) is 12.1 Å². The van der Waals surface area contributed by atoms with E-state index in [9.17, 15) is 23.1 Å². The van der Waals surface area contributed by atoms with Crippen LogP contribution in [0.2, 0.25) is 0 Å². The molecule has 0 radical (unpaired) electrons. The summed E-state index contributed by atoms with van der Waals surface area (Å²) in [5, 5.41) is 12.6. The van der Waals surface area contributed by atoms with Gasteiger partial charge in [0.05, 0.1) is 29.7 Å². The second kappa shape index (κ2) is 8.68. The molecule has 0 saturated carbocycles. The summed E-state index contributed by atoms with van der Waals surface area (Å²) in [6, 6.07) is 13.5. The number of amides is 1. The number of piperidine rings is 1. The number of aromatic nitrogens is 2. The zero-order chi connectivity index (χ0) is 22.0. The Morgan fingerprint density at radius 1 is 1.16 bits per heavy atom. The highest BCUT2D eigenvalue weighted by molar-refractivity contribution is 5.80. The Morgan fingerprint density at radius 3 is 2.55 bits per heavy atom. The Bertz CT molecular complexity index is 1040. The van der Waals surface area contributed by atoms with Crippen molar-refractivity contribution in [2.75, 3.05) is 19.6 Å². The number of hydrogen-bond acceptors (Lipinski definition) is 4. The number of H-pyrrole nitrogens is 1. The van der Waals surface area contributed by atoms with Gasteiger partial charge in [0.25, 0.3) is 0 Å². The van der Waals surface area contributed by atoms with Crippen LogP contribution < -0.4 is 5.32 Å². The van der Waals surface area contributed by atoms with Crippen molar-refractivity contribution in [1.29, 1.82) is 0 Å². The number of aliphatic hydroxyl groups excluding tert-OH is 1. The van der Waals surface area contributed by atoms with E-state index in [0.717, 1.165) is 5.56 Å². The highest BCUT2D eigenvalue weighted by atomic mass is 19.4. The number of likely N-dealkylation sites (tertiary alicyclic amines) is 1. The molecule has 1 aliphatic rings. The first-order valence-corrected chi connectivity index (χ1v) is 10.1. The van der Waals surface area contributed by atoms with Crippen molar-refractivity contribution >= 4 is 16.9 Å². The van der Waals surface area contributed by atoms with Gasteiger partial charge in [-0.15, -0.1) is 0 Å². The molecular formula is C22H23F3N4O2. The molecule has 9 heteroatoms. The highest BCUT2D eigenvalue weighted by Gasteiger charge is 2.34. The van der Waals surface area contributed by atoms with Crippen molar-refractivity contribution in [3.8, 4) is 0 Å². The van der Waals surface area contributed by atoms with Crippen LogP contribution in [0.3, 0.4) is 0 Å². The smallest absolute Gasteiger partial charge is 0.393 e. The highest BCUT2D eigenvalue weighted by Crippen LogP contribution is 2.30. The predicted molar refractivity (Wildman–Crippen MR) is 109 cm³/mol. The molecule has 2 heterocycles. The van der Waals surface area contributed by atoms with Gasteiger partial charge in [-0.1, -0.05) is 36.4 Å². The zero-order valence-electron chi connectivity index (χ0n) is 16.7. The SMILES string of the molecule is O=C(CN1CCC(O)CC1)N[C@H](c1ccccc1)c1ccc2nc(C(F)(F)F)[nH]c2c1. The predicted octanol–water partition coefficient (Wildman–Crippen LogP) is 3.24. The van der Waals surface area contributed by atoms with Crippen LogP contribution in [0.15, 0.2) is 48.5 Å². The molecule has 1 aromatic heterocycles. The van der Waals surface area contributed by atoms with E-state index < -0.39 is 18.0 Å². The van der Waals surface area contributed by atoms with Crippen molar-refractivity contribution in [3.63, 3.8) is 0 Å². The summed E-state index contributed by atoms with van der Waals surface area (Å²) >= 11 is 0. The van der Waals surface area contributed by atoms with E-state index in [1.165, 1.54) is 6.07 Å². The van der Waals surface area contributed by atoms with Gasteiger partial charge in [-0.2, -0.15) is 13.2 Å². The number of aliphatic hydroxyl groups is 1. The van der Waals surface area contributed by atoms with Crippen LogP contribution in [0.1, 0.15) is 35.8 Å². The molecule has 1 aliphatic heterocycles. The minimum atomic E-state index is -4.56. The first-order chi connectivity index (χ1) is 14.8. The lowest BCUT2D eigenvalue weighted by Crippen LogP contribution is -2.43. The molecule has 2 aromatic carbocycles. The summed E-state index contributed by atoms with van der Waals surface area (Å²) < 4.78 is 39.0. The molecule has 0 bridgehead atoms. The summed E-state index contributed by atoms with van der Waals surface area (Å²) in [5.74, 6) is -1.24. The maximum atomic E-state index is 13.0. The van der Waals surface area contributed by atoms with Crippen molar-refractivity contribution in [2.45, 2.75) is 31.2 Å². The number of hydrogen-bond donors (Lipinski definition) is 3. The lowest BCUT2D eigenvalue weighted by atomic mass is 9.98. The van der Waals surface area contributed by atoms with Gasteiger partial charge >= 0.3 is 6.18 Å². The minimum Gasteiger partial charge on any atom is -0.393 e. The molecule has 1 saturated heterocycles. The quantitative estimate of drug-likeness (QED) is 0.578. The molecule has 0 spiro atoms. The number of benzene rings is 2. The Morgan fingerprint density at radius 2 is 1.87 bits per heavy atom. The zero-order valence-corrected chi connectivity index (χ0v) is 16.7. The largest absolute Gasteiger partial charge is 0.449 e. The van der Waals surface area contributed by atoms with Crippen LogP contribution in [0, 0.1) is 0 Å². The van der Waals surface area contributed by atoms with Gasteiger partial charge in [-0.3, -0.25) is 9.69 Å². The summed E-state index contributed by atoms with van der Waals surface area (Å²) in [4.78, 5) is 20.7. The van der Waals surface area contributed by atoms with Crippen LogP contribution in [0.5, 0.6) is 0 Å². The molecular weight excluding hydrogens is 409 g/mol. The molecule has 0 unspecified atom stereocenters. The number of rotatable bonds is 5. The first kappa shape index (κ1) is 21.3. The maximum absolute atomic E-state index is 13.0. The fraction of sp³-hybridized carbons (Fsp3) is 0.364. The number of nitrogens with one attached hydrogen (secondary N) is 2. The fourth-order valence-corrected chi connectivity index (χ4v) is 3.83. The Labute approximate surface area is 177 Å². The third kappa shape index (κ3) is 5.05. The van der Waals surface area contributed by atoms with Crippen molar-refractivity contribution in [1.82, 2.24) is 20.2 Å². The average Bonchev–Trinajstić information content (AvgIpc) is 3.18. The lowest BCUT2D eigenvalue weighted by Gasteiger charge is -2.29. The van der Waals surface area contributed by atoms with Crippen molar-refractivity contribution < 1.29 is 23.1 Å². The maximum Gasteiger partial charge on any atom is 0.449 e. The number of fused-ring (bicyclic) bond motifs is 1. The van der Waals surface area contributed by atoms with Crippen LogP contribution >= 0.6 is 0 Å². The Kier molecular flexibility index (Phi) is 5.97. The third-order valence-electron chi connectivity index (χ3n) is 5.47.